The second-order valence-corrected chi connectivity index (χ2v) is 21.7. The summed E-state index contributed by atoms with van der Waals surface area (Å²) < 4.78 is 24.4. The largest absolute Gasteiger partial charge is 0.493 e. The maximum absolute atomic E-state index is 13.9. The van der Waals surface area contributed by atoms with Crippen molar-refractivity contribution in [2.45, 2.75) is 119 Å². The van der Waals surface area contributed by atoms with Crippen LogP contribution >= 0.6 is 0 Å². The smallest absolute Gasteiger partial charge is 0.251 e. The predicted molar refractivity (Wildman–Crippen MR) is 331 cm³/mol. The number of hydrogen-bond acceptors (Lipinski definition) is 13. The van der Waals surface area contributed by atoms with Crippen LogP contribution < -0.4 is 45.5 Å². The molecule has 1 heterocycles. The first-order valence-electron chi connectivity index (χ1n) is 28.7. The van der Waals surface area contributed by atoms with Crippen molar-refractivity contribution in [1.29, 1.82) is 0 Å². The van der Waals surface area contributed by atoms with Crippen LogP contribution in [0.25, 0.3) is 0 Å². The number of benzene rings is 5. The Morgan fingerprint density at radius 1 is 0.659 bits per heavy atom. The molecule has 6 rings (SSSR count). The summed E-state index contributed by atoms with van der Waals surface area (Å²) in [5.74, 6) is -0.698. The summed E-state index contributed by atoms with van der Waals surface area (Å²) in [6.07, 6.45) is 7.54. The number of unbranched alkanes of at least 4 members (excludes halogenated alkanes) is 1. The van der Waals surface area contributed by atoms with Gasteiger partial charge in [0.05, 0.1) is 19.9 Å². The van der Waals surface area contributed by atoms with Gasteiger partial charge in [0.1, 0.15) is 25.3 Å². The van der Waals surface area contributed by atoms with E-state index < -0.39 is 29.8 Å². The van der Waals surface area contributed by atoms with Gasteiger partial charge in [0.2, 0.25) is 23.6 Å². The Morgan fingerprint density at radius 2 is 1.22 bits per heavy atom. The Bertz CT molecular complexity index is 3300. The van der Waals surface area contributed by atoms with Gasteiger partial charge in [-0.1, -0.05) is 69.0 Å². The number of aliphatic imine (C=N–C) groups is 1. The monoisotopic (exact) mass is 1160 g/mol. The second-order valence-electron chi connectivity index (χ2n) is 21.7. The van der Waals surface area contributed by atoms with Crippen LogP contribution in [0.1, 0.15) is 121 Å². The van der Waals surface area contributed by atoms with E-state index in [0.717, 1.165) is 12.8 Å². The van der Waals surface area contributed by atoms with E-state index in [2.05, 4.69) is 85.1 Å². The maximum Gasteiger partial charge on any atom is 0.251 e. The lowest BCUT2D eigenvalue weighted by molar-refractivity contribution is -0.130. The molecule has 4 atom stereocenters. The van der Waals surface area contributed by atoms with E-state index in [9.17, 15) is 33.6 Å². The molecule has 85 heavy (non-hydrogen) atoms. The highest BCUT2D eigenvalue weighted by atomic mass is 16.5. The fraction of sp³-hybridized carbons (Fsp3) is 0.373. The van der Waals surface area contributed by atoms with E-state index in [4.69, 9.17) is 23.9 Å². The van der Waals surface area contributed by atoms with Crippen molar-refractivity contribution in [3.63, 3.8) is 0 Å². The van der Waals surface area contributed by atoms with Gasteiger partial charge in [0.25, 0.3) is 5.91 Å². The first-order valence-corrected chi connectivity index (χ1v) is 28.7. The van der Waals surface area contributed by atoms with Crippen LogP contribution in [-0.2, 0) is 50.0 Å². The number of rotatable bonds is 32. The molecule has 1 aliphatic rings. The third-order valence-electron chi connectivity index (χ3n) is 14.5. The highest BCUT2D eigenvalue weighted by Gasteiger charge is 2.24. The Labute approximate surface area is 499 Å². The highest BCUT2D eigenvalue weighted by molar-refractivity contribution is 6.01. The highest BCUT2D eigenvalue weighted by Crippen LogP contribution is 2.38. The summed E-state index contributed by atoms with van der Waals surface area (Å²) in [5, 5.41) is 14.5. The lowest BCUT2D eigenvalue weighted by atomic mass is 9.97. The van der Waals surface area contributed by atoms with Crippen LogP contribution in [0.5, 0.6) is 23.0 Å². The van der Waals surface area contributed by atoms with Gasteiger partial charge in [-0.3, -0.25) is 38.6 Å². The van der Waals surface area contributed by atoms with Crippen LogP contribution in [0.15, 0.2) is 120 Å². The number of aryl methyl sites for hydroxylation is 2. The minimum absolute atomic E-state index is 0.0284. The quantitative estimate of drug-likeness (QED) is 0.0154. The minimum atomic E-state index is -1.06. The number of carbonyl (C=O) groups is 7. The summed E-state index contributed by atoms with van der Waals surface area (Å²) in [6.45, 7) is 19.2. The number of amides is 5. The number of methoxy groups -OCH3 is 2. The molecule has 5 aromatic carbocycles. The van der Waals surface area contributed by atoms with E-state index in [0.29, 0.717) is 93.9 Å². The van der Waals surface area contributed by atoms with Crippen molar-refractivity contribution in [2.24, 2.45) is 16.8 Å². The Balaban J connectivity index is 1.16. The van der Waals surface area contributed by atoms with Gasteiger partial charge < -0.3 is 50.4 Å². The number of ether oxygens (including phenoxy) is 4. The number of ketones is 2. The normalized spacial score (nSPS) is 13.4. The molecule has 0 saturated carbocycles. The van der Waals surface area contributed by atoms with Crippen molar-refractivity contribution in [2.75, 3.05) is 44.5 Å². The molecule has 0 aliphatic carbocycles. The lowest BCUT2D eigenvalue weighted by Gasteiger charge is -2.20. The van der Waals surface area contributed by atoms with Gasteiger partial charge in [-0.2, -0.15) is 0 Å². The number of nitrogens with zero attached hydrogens (tertiary/aromatic N) is 2. The molecular weight excluding hydrogens is 1080 g/mol. The number of Topliss-reactive ketones (excluding diaryl/α,β-unsaturated/α-hetero) is 2. The molecule has 0 saturated heterocycles. The molecule has 450 valence electrons. The fourth-order valence-electron chi connectivity index (χ4n) is 9.56. The zero-order chi connectivity index (χ0) is 61.7. The fourth-order valence-corrected chi connectivity index (χ4v) is 9.56. The van der Waals surface area contributed by atoms with Gasteiger partial charge >= 0.3 is 0 Å². The van der Waals surface area contributed by atoms with E-state index in [1.807, 2.05) is 36.5 Å². The molecule has 1 unspecified atom stereocenters. The molecule has 1 aliphatic heterocycles. The Kier molecular flexibility index (Phi) is 24.2. The molecular formula is C67H81N7O11. The van der Waals surface area contributed by atoms with Crippen molar-refractivity contribution in [1.82, 2.24) is 20.9 Å². The average molecular weight is 1160 g/mol. The number of allylic oxidation sites excluding steroid dienone is 1. The number of hydrogen-bond donors (Lipinski definition) is 5. The SMILES string of the molecule is C=C1C=CC(=O)N1CCNC(=O)CCCCC(=O)N[C@@H](C)C(=O)NC(C)C(=O)Nc1cc(COc2cc(N=C[C@@H](C)Cc3ccccc3C)c(C(C)=O)cc2OC)cc(COc2cc(NC[C@@H](C)Cc3ccccc3C)c(C(C)=O)cc2OC)c1. The second kappa shape index (κ2) is 31.6. The van der Waals surface area contributed by atoms with E-state index >= 15 is 0 Å². The van der Waals surface area contributed by atoms with Crippen molar-refractivity contribution < 1.29 is 52.5 Å². The molecule has 5 N–H and O–H groups in total. The summed E-state index contributed by atoms with van der Waals surface area (Å²) in [7, 11) is 2.98. The standard InChI is InChI=1S/C67H81N7O11/c1-41(28-52-20-14-12-18-43(52)3)37-69-57-35-61(59(82-10)33-55(57)48(8)75)84-39-50-30-51(40-85-62-36-58(56(49(9)76)34-60(62)83-11)70-38-42(2)29-53-21-15-13-19-44(53)4)32-54(31-50)73-67(81)47(7)72-66(80)46(6)71-64(78)23-17-16-22-63(77)68-26-27-74-45(5)24-25-65(74)79/h12-15,18-21,24-25,30-37,41-42,46-47,70H,5,16-17,22-23,26-29,38-40H2,1-4,6-11H3,(H,68,77)(H,71,78)(H,72,80)(H,73,81)/t41-,42-,46-,47?/m0/s1. The molecule has 0 aromatic heterocycles. The summed E-state index contributed by atoms with van der Waals surface area (Å²) in [6, 6.07) is 26.4. The summed E-state index contributed by atoms with van der Waals surface area (Å²) in [4.78, 5) is 96.5. The van der Waals surface area contributed by atoms with Crippen LogP contribution in [0, 0.1) is 25.7 Å². The van der Waals surface area contributed by atoms with Crippen LogP contribution in [0.2, 0.25) is 0 Å². The van der Waals surface area contributed by atoms with Gasteiger partial charge in [-0.05, 0) is 149 Å². The van der Waals surface area contributed by atoms with Crippen LogP contribution in [0.4, 0.5) is 17.1 Å². The third kappa shape index (κ3) is 19.5. The van der Waals surface area contributed by atoms with Gasteiger partial charge in [-0.25, -0.2) is 0 Å². The lowest BCUT2D eigenvalue weighted by Crippen LogP contribution is -2.50. The number of nitrogens with one attached hydrogen (secondary N) is 5. The van der Waals surface area contributed by atoms with Gasteiger partial charge in [-0.15, -0.1) is 0 Å². The first-order chi connectivity index (χ1) is 40.6. The Hall–Kier alpha value is -9.06. The summed E-state index contributed by atoms with van der Waals surface area (Å²) >= 11 is 0. The van der Waals surface area contributed by atoms with Crippen molar-refractivity contribution in [3.05, 3.63) is 160 Å². The predicted octanol–water partition coefficient (Wildman–Crippen LogP) is 10.3. The molecule has 5 amide bonds. The summed E-state index contributed by atoms with van der Waals surface area (Å²) in [5.41, 5.74) is 8.77. The molecule has 0 fully saturated rings. The van der Waals surface area contributed by atoms with Gasteiger partial charge in [0, 0.05) is 85.1 Å². The van der Waals surface area contributed by atoms with E-state index in [1.165, 1.54) is 75.1 Å². The molecule has 0 spiro atoms. The van der Waals surface area contributed by atoms with Crippen molar-refractivity contribution in [3.8, 4) is 23.0 Å². The average Bonchev–Trinajstić information content (AvgIpc) is 4.05. The molecule has 5 aromatic rings. The number of carbonyl (C=O) groups excluding carboxylic acids is 7. The maximum atomic E-state index is 13.9. The molecule has 0 bridgehead atoms. The van der Waals surface area contributed by atoms with Crippen LogP contribution in [0.3, 0.4) is 0 Å². The number of anilines is 2. The zero-order valence-corrected chi connectivity index (χ0v) is 50.6. The first kappa shape index (κ1) is 65.1. The topological polar surface area (TPSA) is 232 Å². The van der Waals surface area contributed by atoms with E-state index in [-0.39, 0.29) is 67.8 Å². The molecule has 0 radical (unpaired) electrons. The molecule has 18 nitrogen and oxygen atoms in total. The van der Waals surface area contributed by atoms with Gasteiger partial charge in [0.15, 0.2) is 34.6 Å². The van der Waals surface area contributed by atoms with Crippen LogP contribution in [-0.4, -0.2) is 98.2 Å². The minimum Gasteiger partial charge on any atom is -0.493 e. The van der Waals surface area contributed by atoms with E-state index in [1.54, 1.807) is 42.5 Å². The zero-order valence-electron chi connectivity index (χ0n) is 50.6. The Morgan fingerprint density at radius 3 is 1.80 bits per heavy atom. The molecule has 18 heteroatoms. The van der Waals surface area contributed by atoms with Crippen molar-refractivity contribution >= 4 is 64.4 Å². The third-order valence-corrected chi connectivity index (χ3v) is 14.5.